The lowest BCUT2D eigenvalue weighted by Crippen LogP contribution is -2.44. The molecule has 188 valence electrons. The zero-order valence-electron chi connectivity index (χ0n) is 36.6. The molecule has 2 unspecified atom stereocenters. The van der Waals surface area contributed by atoms with Gasteiger partial charge in [0.1, 0.15) is 0 Å². The topological polar surface area (TPSA) is 109 Å². The van der Waals surface area contributed by atoms with E-state index in [4.69, 9.17) is 24.7 Å². The van der Waals surface area contributed by atoms with Crippen LogP contribution in [0, 0.1) is 10.8 Å². The predicted octanol–water partition coefficient (Wildman–Crippen LogP) is 5.79. The number of thioether (sulfide) groups is 1. The molecule has 0 heterocycles. The lowest BCUT2D eigenvalue weighted by atomic mass is 9.76. The van der Waals surface area contributed by atoms with Crippen LogP contribution in [0.3, 0.4) is 0 Å². The highest BCUT2D eigenvalue weighted by Crippen LogP contribution is 2.42. The van der Waals surface area contributed by atoms with Crippen molar-refractivity contribution >= 4 is 33.5 Å². The minimum Gasteiger partial charge on any atom is -0.481 e. The van der Waals surface area contributed by atoms with E-state index >= 15 is 0 Å². The first-order valence-corrected chi connectivity index (χ1v) is 12.4. The predicted molar refractivity (Wildman–Crippen MR) is 132 cm³/mol. The molecule has 0 aromatic heterocycles. The van der Waals surface area contributed by atoms with Crippen LogP contribution in [-0.4, -0.2) is 51.6 Å². The van der Waals surface area contributed by atoms with Gasteiger partial charge in [0.2, 0.25) is 0 Å². The van der Waals surface area contributed by atoms with Crippen LogP contribution in [0.25, 0.3) is 0 Å². The molecule has 2 atom stereocenters. The number of carbonyl (C=O) groups is 2. The third kappa shape index (κ3) is 8.23. The molecule has 2 saturated carbocycles. The molecule has 0 aliphatic heterocycles. The largest absolute Gasteiger partial charge is 0.481 e. The molecule has 0 bridgehead atoms. The van der Waals surface area contributed by atoms with Gasteiger partial charge in [-0.1, -0.05) is 59.0 Å². The van der Waals surface area contributed by atoms with Crippen LogP contribution >= 0.6 is 11.8 Å². The van der Waals surface area contributed by atoms with E-state index in [9.17, 15) is 28.2 Å². The van der Waals surface area contributed by atoms with Gasteiger partial charge in [0.05, 0.1) is 21.3 Å². The Balaban J connectivity index is 0.000000502. The summed E-state index contributed by atoms with van der Waals surface area (Å²) in [6.07, 6.45) is -20.4. The van der Waals surface area contributed by atoms with Crippen LogP contribution in [0.1, 0.15) is 130 Å². The molecular formula is C24H44O6S2. The maximum atomic E-state index is 12.7. The third-order valence-electron chi connectivity index (χ3n) is 4.85. The summed E-state index contributed by atoms with van der Waals surface area (Å²) >= 11 is 0.750. The van der Waals surface area contributed by atoms with Crippen molar-refractivity contribution in [1.29, 1.82) is 0 Å². The van der Waals surface area contributed by atoms with Crippen molar-refractivity contribution < 1.29 is 52.9 Å². The summed E-state index contributed by atoms with van der Waals surface area (Å²) in [5, 5.41) is 19.3. The Labute approximate surface area is 224 Å². The maximum absolute atomic E-state index is 12.7. The lowest BCUT2D eigenvalue weighted by molar-refractivity contribution is -0.150. The summed E-state index contributed by atoms with van der Waals surface area (Å²) in [6, 6.07) is 0. The molecule has 0 radical (unpaired) electrons. The van der Waals surface area contributed by atoms with Crippen LogP contribution in [0.15, 0.2) is 0 Å². The zero-order chi connectivity index (χ0) is 40.6. The summed E-state index contributed by atoms with van der Waals surface area (Å²) in [6.45, 7) is -0.902. The highest BCUT2D eigenvalue weighted by atomic mass is 32.2. The first-order chi connectivity index (χ1) is 21.5. The Morgan fingerprint density at radius 1 is 0.938 bits per heavy atom. The Morgan fingerprint density at radius 3 is 1.91 bits per heavy atom. The van der Waals surface area contributed by atoms with Crippen LogP contribution in [0.5, 0.6) is 0 Å². The fourth-order valence-corrected chi connectivity index (χ4v) is 4.90. The molecule has 0 amide bonds. The number of sulfone groups is 1. The van der Waals surface area contributed by atoms with Gasteiger partial charge < -0.3 is 10.2 Å². The SMILES string of the molecule is [2H]C([2H])([2H])C(C)(C)S(=O)(=O)CC1(C(=O)O)CCC([2H])([2H])C([2H])([2H])C1([2H])[2H].[2H]C([2H])([2H])C(C)(C)SCC1(C(=O)O)CCC([2H])([2H])C([2H])([2H])C1([2H])[2H]. The fraction of sp³-hybridized carbons (Fsp3) is 0.917. The number of aliphatic carboxylic acids is 2. The monoisotopic (exact) mass is 510 g/mol. The van der Waals surface area contributed by atoms with Crippen LogP contribution < -0.4 is 0 Å². The number of carboxylic acid groups (broad SMARTS) is 2. The minimum atomic E-state index is -4.75. The van der Waals surface area contributed by atoms with E-state index in [1.54, 1.807) is 0 Å². The maximum Gasteiger partial charge on any atom is 0.310 e. The molecule has 2 fully saturated rings. The molecule has 6 nitrogen and oxygen atoms in total. The molecule has 0 aromatic rings. The van der Waals surface area contributed by atoms with Gasteiger partial charge in [-0.2, -0.15) is 11.8 Å². The smallest absolute Gasteiger partial charge is 0.310 e. The molecule has 8 heteroatoms. The second-order valence-electron chi connectivity index (χ2n) is 8.70. The summed E-state index contributed by atoms with van der Waals surface area (Å²) in [4.78, 5) is 23.8. The van der Waals surface area contributed by atoms with Gasteiger partial charge in [0, 0.05) is 35.2 Å². The van der Waals surface area contributed by atoms with Crippen molar-refractivity contribution in [1.82, 2.24) is 0 Å². The van der Waals surface area contributed by atoms with E-state index in [-0.39, 0.29) is 0 Å². The molecule has 0 aromatic carbocycles. The van der Waals surface area contributed by atoms with E-state index in [0.717, 1.165) is 25.6 Å². The Hall–Kier alpha value is -0.760. The van der Waals surface area contributed by atoms with Crippen molar-refractivity contribution in [2.24, 2.45) is 10.8 Å². The highest BCUT2D eigenvalue weighted by Gasteiger charge is 2.46. The minimum absolute atomic E-state index is 0.411. The summed E-state index contributed by atoms with van der Waals surface area (Å²) in [5.74, 6) is -5.45. The van der Waals surface area contributed by atoms with E-state index < -0.39 is 131 Å². The quantitative estimate of drug-likeness (QED) is 0.465. The average Bonchev–Trinajstić information content (AvgIpc) is 2.87. The van der Waals surface area contributed by atoms with Gasteiger partial charge in [-0.05, 0) is 46.3 Å². The Kier molecular flexibility index (Phi) is 4.09. The van der Waals surface area contributed by atoms with Gasteiger partial charge in [0.25, 0.3) is 0 Å². The Bertz CT molecular complexity index is 1420. The van der Waals surface area contributed by atoms with E-state index in [2.05, 4.69) is 0 Å². The number of hydrogen-bond acceptors (Lipinski definition) is 5. The van der Waals surface area contributed by atoms with Crippen LogP contribution in [0.2, 0.25) is 0 Å². The summed E-state index contributed by atoms with van der Waals surface area (Å²) in [7, 11) is -4.75. The zero-order valence-corrected chi connectivity index (χ0v) is 20.2. The van der Waals surface area contributed by atoms with E-state index in [1.807, 2.05) is 0 Å². The second-order valence-corrected chi connectivity index (χ2v) is 12.8. The van der Waals surface area contributed by atoms with Crippen molar-refractivity contribution in [2.75, 3.05) is 11.5 Å². The molecule has 2 N–H and O–H groups in total. The number of rotatable bonds is 6. The third-order valence-corrected chi connectivity index (χ3v) is 8.63. The first kappa shape index (κ1) is 11.8. The Morgan fingerprint density at radius 2 is 1.44 bits per heavy atom. The van der Waals surface area contributed by atoms with E-state index in [1.165, 1.54) is 13.8 Å². The fourth-order valence-electron chi connectivity index (χ4n) is 2.60. The average molecular weight is 511 g/mol. The molecule has 0 saturated heterocycles. The van der Waals surface area contributed by atoms with Crippen LogP contribution in [0.4, 0.5) is 0 Å². The van der Waals surface area contributed by atoms with Crippen molar-refractivity contribution in [2.45, 2.75) is 115 Å². The number of hydrogen-bond donors (Lipinski definition) is 2. The van der Waals surface area contributed by atoms with Gasteiger partial charge in [-0.15, -0.1) is 0 Å². The van der Waals surface area contributed by atoms with Gasteiger partial charge >= 0.3 is 11.9 Å². The summed E-state index contributed by atoms with van der Waals surface area (Å²) in [5.41, 5.74) is -5.04. The summed E-state index contributed by atoms with van der Waals surface area (Å²) < 4.78 is 161. The van der Waals surface area contributed by atoms with Gasteiger partial charge in [-0.3, -0.25) is 9.59 Å². The van der Waals surface area contributed by atoms with E-state index in [0.29, 0.717) is 0 Å². The molecule has 2 aliphatic carbocycles. The van der Waals surface area contributed by atoms with Crippen molar-refractivity contribution in [3.63, 3.8) is 0 Å². The molecule has 2 aliphatic rings. The normalized spacial score (nSPS) is 45.8. The molecular weight excluding hydrogens is 448 g/mol. The highest BCUT2D eigenvalue weighted by molar-refractivity contribution is 8.00. The molecule has 2 rings (SSSR count). The van der Waals surface area contributed by atoms with Gasteiger partial charge in [-0.25, -0.2) is 8.42 Å². The van der Waals surface area contributed by atoms with Crippen molar-refractivity contribution in [3.05, 3.63) is 0 Å². The van der Waals surface area contributed by atoms with Gasteiger partial charge in [0.15, 0.2) is 9.84 Å². The number of carboxylic acids is 2. The molecule has 32 heavy (non-hydrogen) atoms. The van der Waals surface area contributed by atoms with Crippen molar-refractivity contribution in [3.8, 4) is 0 Å². The van der Waals surface area contributed by atoms with Crippen LogP contribution in [-0.2, 0) is 19.4 Å². The lowest BCUT2D eigenvalue weighted by Gasteiger charge is -2.35. The standard InChI is InChI=1S/C12H22O4S.C12H22O2S/c1-11(2,3)17(15,16)9-12(10(13)14)7-5-4-6-8-12;1-11(2,3)15-9-12(10(13)14)7-5-4-6-8-12/h4-9H2,1-3H3,(H,13,14);4-9H2,1-3H3,(H,13,14)/i2*1D3,4D2,5D2,7D2. The molecule has 0 spiro atoms. The first-order valence-electron chi connectivity index (χ1n) is 18.8. The second kappa shape index (κ2) is 11.1.